The molecule has 1 aromatic heterocycles. The van der Waals surface area contributed by atoms with Crippen LogP contribution in [0.2, 0.25) is 0 Å². The van der Waals surface area contributed by atoms with Crippen LogP contribution in [0.15, 0.2) is 34.1 Å². The van der Waals surface area contributed by atoms with Crippen LogP contribution in [-0.4, -0.2) is 12.1 Å². The molecule has 1 saturated carbocycles. The van der Waals surface area contributed by atoms with Crippen LogP contribution in [0.25, 0.3) is 11.3 Å². The van der Waals surface area contributed by atoms with Gasteiger partial charge in [0.1, 0.15) is 10.6 Å². The van der Waals surface area contributed by atoms with Crippen molar-refractivity contribution in [3.63, 3.8) is 0 Å². The van der Waals surface area contributed by atoms with Crippen molar-refractivity contribution < 1.29 is 4.74 Å². The van der Waals surface area contributed by atoms with E-state index in [1.54, 1.807) is 18.4 Å². The molecule has 1 aliphatic rings. The van der Waals surface area contributed by atoms with Crippen molar-refractivity contribution in [1.29, 1.82) is 0 Å². The molecule has 0 atom stereocenters. The lowest BCUT2D eigenvalue weighted by Crippen LogP contribution is -2.35. The zero-order valence-electron chi connectivity index (χ0n) is 10.1. The molecule has 1 aromatic carbocycles. The normalized spacial score (nSPS) is 17.4. The van der Waals surface area contributed by atoms with Crippen molar-refractivity contribution in [2.75, 3.05) is 7.11 Å². The minimum absolute atomic E-state index is 0.102. The fourth-order valence-electron chi connectivity index (χ4n) is 2.27. The van der Waals surface area contributed by atoms with Gasteiger partial charge in [-0.05, 0) is 31.4 Å². The van der Waals surface area contributed by atoms with Gasteiger partial charge >= 0.3 is 0 Å². The summed E-state index contributed by atoms with van der Waals surface area (Å²) < 4.78 is 6.75. The molecule has 3 rings (SSSR count). The highest BCUT2D eigenvalue weighted by Gasteiger charge is 2.41. The maximum atomic E-state index is 5.67. The summed E-state index contributed by atoms with van der Waals surface area (Å²) in [4.78, 5) is 4.76. The molecule has 2 aromatic rings. The number of hydrogen-bond donors (Lipinski definition) is 0. The molecule has 0 radical (unpaired) electrons. The molecule has 0 bridgehead atoms. The fourth-order valence-corrected chi connectivity index (χ4v) is 3.73. The quantitative estimate of drug-likeness (QED) is 0.823. The van der Waals surface area contributed by atoms with Crippen molar-refractivity contribution in [2.45, 2.75) is 24.9 Å². The van der Waals surface area contributed by atoms with Gasteiger partial charge in [0.25, 0.3) is 0 Å². The van der Waals surface area contributed by atoms with Gasteiger partial charge in [0.15, 0.2) is 0 Å². The number of methoxy groups -OCH3 is 1. The van der Waals surface area contributed by atoms with Gasteiger partial charge in [-0.1, -0.05) is 28.1 Å². The molecule has 0 unspecified atom stereocenters. The molecule has 0 N–H and O–H groups in total. The minimum Gasteiger partial charge on any atom is -0.371 e. The third-order valence-corrected chi connectivity index (χ3v) is 5.09. The van der Waals surface area contributed by atoms with Crippen LogP contribution in [0.4, 0.5) is 0 Å². The first-order valence-corrected chi connectivity index (χ1v) is 7.68. The topological polar surface area (TPSA) is 22.1 Å². The monoisotopic (exact) mass is 323 g/mol. The van der Waals surface area contributed by atoms with E-state index in [-0.39, 0.29) is 5.60 Å². The van der Waals surface area contributed by atoms with Gasteiger partial charge in [-0.25, -0.2) is 4.98 Å². The number of benzene rings is 1. The lowest BCUT2D eigenvalue weighted by Gasteiger charge is -2.38. The second-order valence-corrected chi connectivity index (χ2v) is 6.37. The van der Waals surface area contributed by atoms with Gasteiger partial charge in [-0.3, -0.25) is 0 Å². The molecule has 1 aliphatic carbocycles. The Morgan fingerprint density at radius 1 is 1.39 bits per heavy atom. The molecule has 2 nitrogen and oxygen atoms in total. The standard InChI is InChI=1S/C14H14BrNOS/c1-17-14(6-3-7-14)13-16-12(9-18-13)10-4-2-5-11(15)8-10/h2,4-5,8-9H,3,6-7H2,1H3. The number of thiazole rings is 1. The molecular weight excluding hydrogens is 310 g/mol. The summed E-state index contributed by atoms with van der Waals surface area (Å²) in [6.07, 6.45) is 3.42. The lowest BCUT2D eigenvalue weighted by molar-refractivity contribution is -0.0778. The maximum Gasteiger partial charge on any atom is 0.125 e. The largest absolute Gasteiger partial charge is 0.371 e. The Hall–Kier alpha value is -0.710. The first-order chi connectivity index (χ1) is 8.73. The first-order valence-electron chi connectivity index (χ1n) is 6.01. The first kappa shape index (κ1) is 12.3. The van der Waals surface area contributed by atoms with E-state index >= 15 is 0 Å². The zero-order valence-corrected chi connectivity index (χ0v) is 12.6. The molecule has 0 aliphatic heterocycles. The number of aromatic nitrogens is 1. The van der Waals surface area contributed by atoms with E-state index in [0.29, 0.717) is 0 Å². The number of ether oxygens (including phenoxy) is 1. The van der Waals surface area contributed by atoms with Crippen molar-refractivity contribution in [3.05, 3.63) is 39.1 Å². The highest BCUT2D eigenvalue weighted by Crippen LogP contribution is 2.46. The predicted octanol–water partition coefficient (Wildman–Crippen LogP) is 4.60. The van der Waals surface area contributed by atoms with E-state index in [4.69, 9.17) is 9.72 Å². The van der Waals surface area contributed by atoms with Crippen LogP contribution < -0.4 is 0 Å². The number of rotatable bonds is 3. The van der Waals surface area contributed by atoms with E-state index in [1.165, 1.54) is 6.42 Å². The molecule has 1 fully saturated rings. The third-order valence-electron chi connectivity index (χ3n) is 3.57. The van der Waals surface area contributed by atoms with E-state index in [0.717, 1.165) is 33.6 Å². The number of nitrogens with zero attached hydrogens (tertiary/aromatic N) is 1. The Morgan fingerprint density at radius 3 is 2.83 bits per heavy atom. The van der Waals surface area contributed by atoms with Crippen molar-refractivity contribution >= 4 is 27.3 Å². The second-order valence-electron chi connectivity index (χ2n) is 4.60. The molecule has 0 saturated heterocycles. The molecule has 0 spiro atoms. The third kappa shape index (κ3) is 2.02. The summed E-state index contributed by atoms with van der Waals surface area (Å²) in [5.41, 5.74) is 2.09. The van der Waals surface area contributed by atoms with E-state index < -0.39 is 0 Å². The Morgan fingerprint density at radius 2 is 2.22 bits per heavy atom. The van der Waals surface area contributed by atoms with Crippen LogP contribution in [0, 0.1) is 0 Å². The predicted molar refractivity (Wildman–Crippen MR) is 77.8 cm³/mol. The smallest absolute Gasteiger partial charge is 0.125 e. The Balaban J connectivity index is 1.94. The van der Waals surface area contributed by atoms with Gasteiger partial charge in [0.05, 0.1) is 5.69 Å². The van der Waals surface area contributed by atoms with Crippen LogP contribution in [0.5, 0.6) is 0 Å². The van der Waals surface area contributed by atoms with Gasteiger partial charge in [0.2, 0.25) is 0 Å². The van der Waals surface area contributed by atoms with Crippen molar-refractivity contribution in [3.8, 4) is 11.3 Å². The van der Waals surface area contributed by atoms with Gasteiger partial charge in [-0.2, -0.15) is 0 Å². The Labute approximate surface area is 119 Å². The van der Waals surface area contributed by atoms with E-state index in [1.807, 2.05) is 12.1 Å². The number of hydrogen-bond acceptors (Lipinski definition) is 3. The Bertz CT molecular complexity index is 557. The van der Waals surface area contributed by atoms with Crippen LogP contribution in [0.3, 0.4) is 0 Å². The molecule has 1 heterocycles. The Kier molecular flexibility index (Phi) is 3.26. The van der Waals surface area contributed by atoms with Gasteiger partial charge < -0.3 is 4.74 Å². The summed E-state index contributed by atoms with van der Waals surface area (Å²) in [6.45, 7) is 0. The average Bonchev–Trinajstić information content (AvgIpc) is 2.78. The van der Waals surface area contributed by atoms with E-state index in [9.17, 15) is 0 Å². The highest BCUT2D eigenvalue weighted by atomic mass is 79.9. The molecule has 0 amide bonds. The fraction of sp³-hybridized carbons (Fsp3) is 0.357. The summed E-state index contributed by atoms with van der Waals surface area (Å²) in [5, 5.41) is 3.24. The zero-order chi connectivity index (χ0) is 12.6. The highest BCUT2D eigenvalue weighted by molar-refractivity contribution is 9.10. The SMILES string of the molecule is COC1(c2nc(-c3cccc(Br)c3)cs2)CCC1. The second kappa shape index (κ2) is 4.76. The number of halogens is 1. The van der Waals surface area contributed by atoms with Crippen LogP contribution >= 0.6 is 27.3 Å². The van der Waals surface area contributed by atoms with Gasteiger partial charge in [0, 0.05) is 22.5 Å². The maximum absolute atomic E-state index is 5.67. The van der Waals surface area contributed by atoms with E-state index in [2.05, 4.69) is 33.4 Å². The summed E-state index contributed by atoms with van der Waals surface area (Å²) in [7, 11) is 1.79. The molecule has 18 heavy (non-hydrogen) atoms. The van der Waals surface area contributed by atoms with Crippen molar-refractivity contribution in [2.24, 2.45) is 0 Å². The van der Waals surface area contributed by atoms with Crippen LogP contribution in [-0.2, 0) is 10.3 Å². The average molecular weight is 324 g/mol. The lowest BCUT2D eigenvalue weighted by atomic mass is 9.80. The molecular formula is C14H14BrNOS. The van der Waals surface area contributed by atoms with Gasteiger partial charge in [-0.15, -0.1) is 11.3 Å². The summed E-state index contributed by atoms with van der Waals surface area (Å²) in [5.74, 6) is 0. The summed E-state index contributed by atoms with van der Waals surface area (Å²) >= 11 is 5.20. The van der Waals surface area contributed by atoms with Crippen LogP contribution in [0.1, 0.15) is 24.3 Å². The molecule has 4 heteroatoms. The molecule has 94 valence electrons. The minimum atomic E-state index is -0.102. The van der Waals surface area contributed by atoms with Crippen molar-refractivity contribution in [1.82, 2.24) is 4.98 Å². The summed E-state index contributed by atoms with van der Waals surface area (Å²) in [6, 6.07) is 8.25.